The van der Waals surface area contributed by atoms with Gasteiger partial charge in [-0.2, -0.15) is 5.26 Å². The fraction of sp³-hybridized carbons (Fsp3) is 0.324. The lowest BCUT2D eigenvalue weighted by atomic mass is 9.98. The smallest absolute Gasteiger partial charge is 0.214 e. The van der Waals surface area contributed by atoms with E-state index < -0.39 is 0 Å². The van der Waals surface area contributed by atoms with E-state index in [1.165, 1.54) is 0 Å². The summed E-state index contributed by atoms with van der Waals surface area (Å²) in [6.07, 6.45) is 3.37. The molecule has 5 aromatic rings. The van der Waals surface area contributed by atoms with Gasteiger partial charge in [0, 0.05) is 30.2 Å². The number of fused-ring (bicyclic) bond motifs is 7. The van der Waals surface area contributed by atoms with E-state index in [1.807, 2.05) is 42.5 Å². The van der Waals surface area contributed by atoms with Crippen LogP contribution in [0.5, 0.6) is 17.4 Å². The number of benzene rings is 3. The zero-order chi connectivity index (χ0) is 30.9. The van der Waals surface area contributed by atoms with E-state index in [1.54, 1.807) is 7.11 Å². The molecule has 8 nitrogen and oxygen atoms in total. The Bertz CT molecular complexity index is 1940. The van der Waals surface area contributed by atoms with Crippen LogP contribution in [-0.4, -0.2) is 41.0 Å². The standard InChI is InChI=1S/C37H36N4O4/c1-23-14-32-37(34(15-23)42-3)40-35(41(32)21-29-11-13-43-29)18-28-16-24(2)30-19-33(28)44-12-5-6-26-17-25(20-38)9-10-27(26)22-45-36-8-4-7-31(30)39-36/h4,7-10,14-17,19,29H,5-6,11-13,18,21-22H2,1-3H3. The van der Waals surface area contributed by atoms with E-state index in [9.17, 15) is 5.26 Å². The molecule has 2 aliphatic rings. The number of aromatic nitrogens is 3. The predicted octanol–water partition coefficient (Wildman–Crippen LogP) is 6.88. The molecule has 2 aliphatic heterocycles. The molecular weight excluding hydrogens is 564 g/mol. The molecule has 1 atom stereocenters. The molecule has 4 heterocycles. The van der Waals surface area contributed by atoms with Crippen molar-refractivity contribution in [1.29, 1.82) is 5.26 Å². The average Bonchev–Trinajstić information content (AvgIpc) is 3.36. The van der Waals surface area contributed by atoms with Crippen molar-refractivity contribution in [2.45, 2.75) is 58.8 Å². The van der Waals surface area contributed by atoms with Crippen LogP contribution in [0.25, 0.3) is 22.3 Å². The van der Waals surface area contributed by atoms with Crippen molar-refractivity contribution in [1.82, 2.24) is 14.5 Å². The van der Waals surface area contributed by atoms with E-state index in [-0.39, 0.29) is 6.10 Å². The molecule has 0 N–H and O–H groups in total. The molecule has 8 heteroatoms. The van der Waals surface area contributed by atoms with E-state index in [2.05, 4.69) is 42.7 Å². The van der Waals surface area contributed by atoms with Gasteiger partial charge in [0.1, 0.15) is 29.4 Å². The summed E-state index contributed by atoms with van der Waals surface area (Å²) in [5.74, 6) is 3.09. The highest BCUT2D eigenvalue weighted by atomic mass is 16.5. The number of methoxy groups -OCH3 is 1. The number of ether oxygens (including phenoxy) is 4. The number of hydrogen-bond acceptors (Lipinski definition) is 7. The molecule has 2 aromatic heterocycles. The number of nitrogens with zero attached hydrogens (tertiary/aromatic N) is 4. The maximum Gasteiger partial charge on any atom is 0.214 e. The van der Waals surface area contributed by atoms with Crippen LogP contribution in [0.4, 0.5) is 0 Å². The van der Waals surface area contributed by atoms with E-state index in [4.69, 9.17) is 28.9 Å². The monoisotopic (exact) mass is 600 g/mol. The van der Waals surface area contributed by atoms with Gasteiger partial charge in [-0.15, -0.1) is 0 Å². The lowest BCUT2D eigenvalue weighted by molar-refractivity contribution is -0.0589. The highest BCUT2D eigenvalue weighted by Crippen LogP contribution is 2.35. The van der Waals surface area contributed by atoms with Crippen LogP contribution in [0.2, 0.25) is 0 Å². The van der Waals surface area contributed by atoms with Gasteiger partial charge >= 0.3 is 0 Å². The van der Waals surface area contributed by atoms with Gasteiger partial charge in [0.2, 0.25) is 5.88 Å². The minimum Gasteiger partial charge on any atom is -0.494 e. The molecule has 228 valence electrons. The minimum atomic E-state index is 0.177. The first-order valence-corrected chi connectivity index (χ1v) is 15.5. The summed E-state index contributed by atoms with van der Waals surface area (Å²) in [7, 11) is 1.70. The van der Waals surface area contributed by atoms with Gasteiger partial charge in [0.05, 0.1) is 49.2 Å². The predicted molar refractivity (Wildman–Crippen MR) is 172 cm³/mol. The van der Waals surface area contributed by atoms with Gasteiger partial charge in [-0.05, 0) is 91.8 Å². The SMILES string of the molecule is COc1cc(C)cc2c1nc(Cc1cc(C)c3cc1OCCCc1cc(C#N)ccc1COc1cccc-3n1)n2CC1CCO1. The van der Waals surface area contributed by atoms with Crippen molar-refractivity contribution in [3.8, 4) is 34.7 Å². The molecule has 3 aromatic carbocycles. The van der Waals surface area contributed by atoms with E-state index in [0.29, 0.717) is 31.1 Å². The molecule has 7 rings (SSSR count). The molecule has 1 saturated heterocycles. The van der Waals surface area contributed by atoms with Crippen LogP contribution >= 0.6 is 0 Å². The first-order chi connectivity index (χ1) is 22.0. The average molecular weight is 601 g/mol. The van der Waals surface area contributed by atoms with Crippen LogP contribution in [0.1, 0.15) is 52.0 Å². The van der Waals surface area contributed by atoms with Crippen LogP contribution in [-0.2, 0) is 30.7 Å². The van der Waals surface area contributed by atoms with Crippen LogP contribution < -0.4 is 14.2 Å². The van der Waals surface area contributed by atoms with Crippen LogP contribution in [0.3, 0.4) is 0 Å². The van der Waals surface area contributed by atoms with Gasteiger partial charge in [-0.1, -0.05) is 18.2 Å². The summed E-state index contributed by atoms with van der Waals surface area (Å²) >= 11 is 0. The van der Waals surface area contributed by atoms with Crippen molar-refractivity contribution in [2.75, 3.05) is 20.3 Å². The van der Waals surface area contributed by atoms with E-state index >= 15 is 0 Å². The number of aryl methyl sites for hydroxylation is 3. The molecule has 0 radical (unpaired) electrons. The summed E-state index contributed by atoms with van der Waals surface area (Å²) in [5.41, 5.74) is 9.81. The number of imidazole rings is 1. The summed E-state index contributed by atoms with van der Waals surface area (Å²) in [5, 5.41) is 9.50. The summed E-state index contributed by atoms with van der Waals surface area (Å²) in [6, 6.07) is 22.4. The maximum absolute atomic E-state index is 9.50. The highest BCUT2D eigenvalue weighted by Gasteiger charge is 2.24. The molecule has 0 amide bonds. The number of nitriles is 1. The Morgan fingerprint density at radius 1 is 1.00 bits per heavy atom. The molecule has 1 unspecified atom stereocenters. The number of pyridine rings is 1. The zero-order valence-electron chi connectivity index (χ0n) is 25.9. The Morgan fingerprint density at radius 3 is 2.69 bits per heavy atom. The second-order valence-electron chi connectivity index (χ2n) is 11.9. The Morgan fingerprint density at radius 2 is 1.89 bits per heavy atom. The molecule has 0 aliphatic carbocycles. The summed E-state index contributed by atoms with van der Waals surface area (Å²) in [4.78, 5) is 10.00. The molecule has 1 fully saturated rings. The Kier molecular flexibility index (Phi) is 7.86. The van der Waals surface area contributed by atoms with Gasteiger partial charge in [-0.3, -0.25) is 0 Å². The molecule has 4 bridgehead atoms. The van der Waals surface area contributed by atoms with Crippen molar-refractivity contribution in [3.05, 3.63) is 99.9 Å². The highest BCUT2D eigenvalue weighted by molar-refractivity contribution is 5.83. The lowest BCUT2D eigenvalue weighted by Crippen LogP contribution is -2.31. The maximum atomic E-state index is 9.50. The summed E-state index contributed by atoms with van der Waals surface area (Å²) in [6.45, 7) is 6.65. The third-order valence-electron chi connectivity index (χ3n) is 8.76. The zero-order valence-corrected chi connectivity index (χ0v) is 25.9. The van der Waals surface area contributed by atoms with Crippen molar-refractivity contribution in [2.24, 2.45) is 0 Å². The molecule has 0 spiro atoms. The van der Waals surface area contributed by atoms with E-state index in [0.717, 1.165) is 99.8 Å². The molecule has 45 heavy (non-hydrogen) atoms. The largest absolute Gasteiger partial charge is 0.494 e. The lowest BCUT2D eigenvalue weighted by Gasteiger charge is -2.27. The van der Waals surface area contributed by atoms with Gasteiger partial charge in [0.15, 0.2) is 0 Å². The van der Waals surface area contributed by atoms with Gasteiger partial charge in [0.25, 0.3) is 0 Å². The van der Waals surface area contributed by atoms with Crippen LogP contribution in [0, 0.1) is 25.2 Å². The first kappa shape index (κ1) is 28.9. The van der Waals surface area contributed by atoms with Crippen molar-refractivity contribution in [3.63, 3.8) is 0 Å². The van der Waals surface area contributed by atoms with Crippen molar-refractivity contribution < 1.29 is 18.9 Å². The third kappa shape index (κ3) is 5.84. The Balaban J connectivity index is 1.29. The fourth-order valence-corrected chi connectivity index (χ4v) is 6.28. The molecule has 0 saturated carbocycles. The second kappa shape index (κ2) is 12.3. The quantitative estimate of drug-likeness (QED) is 0.217. The first-order valence-electron chi connectivity index (χ1n) is 15.5. The van der Waals surface area contributed by atoms with Crippen LogP contribution in [0.15, 0.2) is 60.7 Å². The Hall–Kier alpha value is -4.87. The Labute approximate surface area is 263 Å². The van der Waals surface area contributed by atoms with Crippen molar-refractivity contribution >= 4 is 11.0 Å². The molecular formula is C37H36N4O4. The summed E-state index contributed by atoms with van der Waals surface area (Å²) < 4.78 is 26.6. The third-order valence-corrected chi connectivity index (χ3v) is 8.76. The minimum absolute atomic E-state index is 0.177. The number of rotatable bonds is 5. The topological polar surface area (TPSA) is 91.4 Å². The van der Waals surface area contributed by atoms with Gasteiger partial charge < -0.3 is 23.5 Å². The normalized spacial score (nSPS) is 16.0. The second-order valence-corrected chi connectivity index (χ2v) is 11.9. The number of hydrogen-bond donors (Lipinski definition) is 0. The van der Waals surface area contributed by atoms with Gasteiger partial charge in [-0.25, -0.2) is 9.97 Å². The fourth-order valence-electron chi connectivity index (χ4n) is 6.28.